The normalized spacial score (nSPS) is 20.5. The third kappa shape index (κ3) is 4.67. The lowest BCUT2D eigenvalue weighted by Crippen LogP contribution is -2.48. The van der Waals surface area contributed by atoms with Crippen molar-refractivity contribution in [2.24, 2.45) is 4.99 Å². The zero-order chi connectivity index (χ0) is 11.5. The van der Waals surface area contributed by atoms with Crippen molar-refractivity contribution in [3.05, 3.63) is 0 Å². The van der Waals surface area contributed by atoms with Crippen molar-refractivity contribution >= 4 is 11.9 Å². The molecule has 0 fully saturated rings. The maximum absolute atomic E-state index is 11.4. The topological polar surface area (TPSA) is 65.5 Å². The summed E-state index contributed by atoms with van der Waals surface area (Å²) in [5, 5.41) is 8.96. The number of hydrogen-bond acceptors (Lipinski definition) is 4. The molecule has 0 saturated heterocycles. The molecule has 3 N–H and O–H groups in total. The summed E-state index contributed by atoms with van der Waals surface area (Å²) in [6, 6.07) is 0.359. The number of amides is 1. The van der Waals surface area contributed by atoms with Crippen LogP contribution >= 0.6 is 0 Å². The monoisotopic (exact) mass is 212 g/mol. The first-order valence-electron chi connectivity index (χ1n) is 5.23. The molecule has 0 aromatic carbocycles. The van der Waals surface area contributed by atoms with Crippen LogP contribution < -0.4 is 16.0 Å². The number of guanidine groups is 1. The first-order valence-corrected chi connectivity index (χ1v) is 5.23. The Labute approximate surface area is 90.7 Å². The van der Waals surface area contributed by atoms with Crippen LogP contribution in [0.15, 0.2) is 4.99 Å². The Morgan fingerprint density at radius 3 is 2.73 bits per heavy atom. The Morgan fingerprint density at radius 1 is 1.60 bits per heavy atom. The molecule has 1 aliphatic heterocycles. The minimum absolute atomic E-state index is 0.0217. The van der Waals surface area contributed by atoms with E-state index in [0.717, 1.165) is 6.54 Å². The van der Waals surface area contributed by atoms with Gasteiger partial charge < -0.3 is 16.0 Å². The second-order valence-electron chi connectivity index (χ2n) is 4.89. The Balaban J connectivity index is 2.23. The molecule has 0 saturated carbocycles. The second kappa shape index (κ2) is 4.51. The third-order valence-corrected chi connectivity index (χ3v) is 1.84. The minimum atomic E-state index is -0.184. The summed E-state index contributed by atoms with van der Waals surface area (Å²) in [6.45, 7) is 8.95. The molecule has 1 aliphatic rings. The summed E-state index contributed by atoms with van der Waals surface area (Å²) in [7, 11) is 0. The molecule has 15 heavy (non-hydrogen) atoms. The molecule has 5 nitrogen and oxygen atoms in total. The van der Waals surface area contributed by atoms with Gasteiger partial charge in [0.05, 0.1) is 13.1 Å². The summed E-state index contributed by atoms with van der Waals surface area (Å²) < 4.78 is 0. The lowest BCUT2D eigenvalue weighted by molar-refractivity contribution is -0.121. The van der Waals surface area contributed by atoms with Crippen LogP contribution in [0.3, 0.4) is 0 Å². The summed E-state index contributed by atoms with van der Waals surface area (Å²) in [5.74, 6) is 0.693. The van der Waals surface area contributed by atoms with Gasteiger partial charge in [0.1, 0.15) is 0 Å². The van der Waals surface area contributed by atoms with E-state index >= 15 is 0 Å². The molecule has 0 aromatic rings. The van der Waals surface area contributed by atoms with Crippen molar-refractivity contribution in [1.29, 1.82) is 0 Å². The van der Waals surface area contributed by atoms with E-state index in [0.29, 0.717) is 12.0 Å². The van der Waals surface area contributed by atoms with Crippen molar-refractivity contribution < 1.29 is 4.79 Å². The lowest BCUT2D eigenvalue weighted by atomic mass is 10.1. The molecular formula is C10H20N4O. The van der Waals surface area contributed by atoms with Crippen LogP contribution in [0.2, 0.25) is 0 Å². The molecule has 1 atom stereocenters. The maximum atomic E-state index is 11.4. The van der Waals surface area contributed by atoms with Gasteiger partial charge in [-0.25, -0.2) is 0 Å². The molecule has 0 aromatic heterocycles. The molecule has 86 valence electrons. The van der Waals surface area contributed by atoms with Crippen LogP contribution in [-0.2, 0) is 4.79 Å². The average Bonchev–Trinajstić information content (AvgIpc) is 2.45. The average molecular weight is 212 g/mol. The van der Waals surface area contributed by atoms with Crippen LogP contribution in [0.4, 0.5) is 0 Å². The van der Waals surface area contributed by atoms with Gasteiger partial charge in [-0.2, -0.15) is 0 Å². The van der Waals surface area contributed by atoms with E-state index < -0.39 is 0 Å². The van der Waals surface area contributed by atoms with Gasteiger partial charge in [0.15, 0.2) is 5.96 Å². The van der Waals surface area contributed by atoms with Gasteiger partial charge in [0, 0.05) is 11.6 Å². The summed E-state index contributed by atoms with van der Waals surface area (Å²) in [6.07, 6.45) is 0. The molecule has 5 heteroatoms. The number of hydrogen-bond donors (Lipinski definition) is 3. The quantitative estimate of drug-likeness (QED) is 0.596. The van der Waals surface area contributed by atoms with Crippen LogP contribution in [0.25, 0.3) is 0 Å². The van der Waals surface area contributed by atoms with Gasteiger partial charge in [-0.05, 0) is 27.7 Å². The predicted molar refractivity (Wildman–Crippen MR) is 60.8 cm³/mol. The van der Waals surface area contributed by atoms with Gasteiger partial charge in [-0.15, -0.1) is 0 Å². The fourth-order valence-corrected chi connectivity index (χ4v) is 1.29. The van der Waals surface area contributed by atoms with E-state index in [1.54, 1.807) is 0 Å². The fraction of sp³-hybridized carbons (Fsp3) is 0.800. The van der Waals surface area contributed by atoms with Gasteiger partial charge >= 0.3 is 0 Å². The summed E-state index contributed by atoms with van der Waals surface area (Å²) in [4.78, 5) is 15.6. The highest BCUT2D eigenvalue weighted by molar-refractivity contribution is 5.87. The number of aliphatic imine (C=N–C) groups is 1. The Bertz CT molecular complexity index is 267. The smallest absolute Gasteiger partial charge is 0.239 e. The third-order valence-electron chi connectivity index (χ3n) is 1.84. The number of carbonyl (C=O) groups excluding carboxylic acids is 1. The Morgan fingerprint density at radius 2 is 2.27 bits per heavy atom. The Hall–Kier alpha value is -1.26. The highest BCUT2D eigenvalue weighted by Crippen LogP contribution is 1.97. The molecule has 0 spiro atoms. The van der Waals surface area contributed by atoms with Gasteiger partial charge in [0.25, 0.3) is 0 Å². The van der Waals surface area contributed by atoms with Crippen molar-refractivity contribution in [1.82, 2.24) is 16.0 Å². The minimum Gasteiger partial charge on any atom is -0.352 e. The molecule has 1 unspecified atom stereocenters. The number of rotatable bonds is 2. The van der Waals surface area contributed by atoms with Crippen molar-refractivity contribution in [2.45, 2.75) is 39.3 Å². The van der Waals surface area contributed by atoms with Crippen LogP contribution in [0, 0.1) is 0 Å². The molecule has 1 heterocycles. The second-order valence-corrected chi connectivity index (χ2v) is 4.89. The van der Waals surface area contributed by atoms with E-state index in [9.17, 15) is 4.79 Å². The lowest BCUT2D eigenvalue weighted by Gasteiger charge is -2.20. The van der Waals surface area contributed by atoms with Crippen LogP contribution in [0.5, 0.6) is 0 Å². The summed E-state index contributed by atoms with van der Waals surface area (Å²) in [5.41, 5.74) is -0.184. The largest absolute Gasteiger partial charge is 0.352 e. The number of nitrogens with zero attached hydrogens (tertiary/aromatic N) is 1. The van der Waals surface area contributed by atoms with E-state index in [1.165, 1.54) is 0 Å². The van der Waals surface area contributed by atoms with Crippen molar-refractivity contribution in [3.63, 3.8) is 0 Å². The molecule has 0 aliphatic carbocycles. The Kier molecular flexibility index (Phi) is 3.55. The first-order chi connectivity index (χ1) is 6.87. The number of nitrogens with one attached hydrogen (secondary N) is 3. The summed E-state index contributed by atoms with van der Waals surface area (Å²) >= 11 is 0. The van der Waals surface area contributed by atoms with Gasteiger partial charge in [0.2, 0.25) is 5.91 Å². The van der Waals surface area contributed by atoms with Crippen LogP contribution in [0.1, 0.15) is 27.7 Å². The molecule has 0 radical (unpaired) electrons. The van der Waals surface area contributed by atoms with Gasteiger partial charge in [-0.3, -0.25) is 9.79 Å². The SMILES string of the molecule is CC1CN=C(NCC(=O)NC(C)(C)C)N1. The zero-order valence-corrected chi connectivity index (χ0v) is 9.85. The number of carbonyl (C=O) groups is 1. The van der Waals surface area contributed by atoms with Crippen molar-refractivity contribution in [2.75, 3.05) is 13.1 Å². The highest BCUT2D eigenvalue weighted by atomic mass is 16.2. The fourth-order valence-electron chi connectivity index (χ4n) is 1.29. The zero-order valence-electron chi connectivity index (χ0n) is 9.85. The molecule has 0 bridgehead atoms. The van der Waals surface area contributed by atoms with E-state index in [4.69, 9.17) is 0 Å². The van der Waals surface area contributed by atoms with E-state index in [-0.39, 0.29) is 18.0 Å². The molecule has 1 rings (SSSR count). The van der Waals surface area contributed by atoms with Crippen LogP contribution in [-0.4, -0.2) is 36.5 Å². The first kappa shape index (κ1) is 11.8. The van der Waals surface area contributed by atoms with E-state index in [1.807, 2.05) is 27.7 Å². The van der Waals surface area contributed by atoms with E-state index in [2.05, 4.69) is 20.9 Å². The van der Waals surface area contributed by atoms with Crippen molar-refractivity contribution in [3.8, 4) is 0 Å². The molecule has 1 amide bonds. The highest BCUT2D eigenvalue weighted by Gasteiger charge is 2.16. The predicted octanol–water partition coefficient (Wildman–Crippen LogP) is -0.162. The maximum Gasteiger partial charge on any atom is 0.239 e. The standard InChI is InChI=1S/C10H20N4O/c1-7-5-11-9(13-7)12-6-8(15)14-10(2,3)4/h7H,5-6H2,1-4H3,(H,14,15)(H2,11,12,13). The van der Waals surface area contributed by atoms with Gasteiger partial charge in [-0.1, -0.05) is 0 Å². The molecular weight excluding hydrogens is 192 g/mol.